The lowest BCUT2D eigenvalue weighted by Crippen LogP contribution is -2.51. The van der Waals surface area contributed by atoms with E-state index in [1.165, 1.54) is 0 Å². The predicted molar refractivity (Wildman–Crippen MR) is 68.8 cm³/mol. The van der Waals surface area contributed by atoms with Gasteiger partial charge in [-0.05, 0) is 6.42 Å². The fraction of sp³-hybridized carbons (Fsp3) is 0.909. The highest BCUT2D eigenvalue weighted by atomic mass is 32.2. The van der Waals surface area contributed by atoms with Crippen molar-refractivity contribution in [2.45, 2.75) is 6.42 Å². The zero-order chi connectivity index (χ0) is 13.2. The first-order valence-electron chi connectivity index (χ1n) is 6.43. The summed E-state index contributed by atoms with van der Waals surface area (Å²) in [6.45, 7) is 4.55. The monoisotopic (exact) mass is 275 g/mol. The number of amides is 1. The highest BCUT2D eigenvalue weighted by Crippen LogP contribution is 2.21. The van der Waals surface area contributed by atoms with Crippen molar-refractivity contribution in [3.8, 4) is 0 Å². The lowest BCUT2D eigenvalue weighted by molar-refractivity contribution is -0.136. The van der Waals surface area contributed by atoms with Crippen LogP contribution >= 0.6 is 0 Å². The van der Waals surface area contributed by atoms with E-state index in [1.807, 2.05) is 0 Å². The predicted octanol–water partition coefficient (Wildman–Crippen LogP) is -1.48. The van der Waals surface area contributed by atoms with E-state index in [2.05, 4.69) is 4.90 Å². The second kappa shape index (κ2) is 5.54. The van der Waals surface area contributed by atoms with Gasteiger partial charge in [-0.15, -0.1) is 0 Å². The van der Waals surface area contributed by atoms with E-state index in [4.69, 9.17) is 5.73 Å². The minimum absolute atomic E-state index is 0.0171. The summed E-state index contributed by atoms with van der Waals surface area (Å²) in [5, 5.41) is 0. The third kappa shape index (κ3) is 3.21. The minimum atomic E-state index is -2.97. The average Bonchev–Trinajstić information content (AvgIpc) is 2.70. The number of hydrogen-bond acceptors (Lipinski definition) is 5. The van der Waals surface area contributed by atoms with Crippen LogP contribution in [0, 0.1) is 5.92 Å². The Morgan fingerprint density at radius 1 is 1.22 bits per heavy atom. The van der Waals surface area contributed by atoms with Crippen LogP contribution in [0.5, 0.6) is 0 Å². The summed E-state index contributed by atoms with van der Waals surface area (Å²) < 4.78 is 22.7. The van der Waals surface area contributed by atoms with Crippen molar-refractivity contribution in [2.75, 3.05) is 50.8 Å². The maximum Gasteiger partial charge on any atom is 0.226 e. The molecule has 0 spiro atoms. The summed E-state index contributed by atoms with van der Waals surface area (Å²) >= 11 is 0. The lowest BCUT2D eigenvalue weighted by Gasteiger charge is -2.35. The number of sulfone groups is 1. The molecule has 2 saturated heterocycles. The molecule has 7 heteroatoms. The molecule has 2 rings (SSSR count). The maximum atomic E-state index is 12.2. The van der Waals surface area contributed by atoms with Crippen LogP contribution in [0.25, 0.3) is 0 Å². The second-order valence-electron chi connectivity index (χ2n) is 5.06. The number of nitrogens with two attached hydrogens (primary N) is 1. The molecule has 0 radical (unpaired) electrons. The summed E-state index contributed by atoms with van der Waals surface area (Å²) in [5.41, 5.74) is 5.49. The SMILES string of the molecule is NCCN1CCN(C(=O)C2CCS(=O)(=O)C2)CC1. The molecule has 18 heavy (non-hydrogen) atoms. The number of nitrogens with zero attached hydrogens (tertiary/aromatic N) is 2. The van der Waals surface area contributed by atoms with E-state index in [-0.39, 0.29) is 23.3 Å². The van der Waals surface area contributed by atoms with Crippen molar-refractivity contribution in [1.82, 2.24) is 9.80 Å². The Morgan fingerprint density at radius 3 is 2.39 bits per heavy atom. The molecule has 2 aliphatic heterocycles. The topological polar surface area (TPSA) is 83.7 Å². The zero-order valence-corrected chi connectivity index (χ0v) is 11.4. The minimum Gasteiger partial charge on any atom is -0.340 e. The van der Waals surface area contributed by atoms with E-state index in [9.17, 15) is 13.2 Å². The molecule has 0 aromatic heterocycles. The van der Waals surface area contributed by atoms with Crippen LogP contribution in [0.15, 0.2) is 0 Å². The molecule has 104 valence electrons. The van der Waals surface area contributed by atoms with Crippen molar-refractivity contribution < 1.29 is 13.2 Å². The smallest absolute Gasteiger partial charge is 0.226 e. The van der Waals surface area contributed by atoms with Crippen LogP contribution in [0.3, 0.4) is 0 Å². The van der Waals surface area contributed by atoms with Gasteiger partial charge in [-0.3, -0.25) is 9.69 Å². The molecule has 0 bridgehead atoms. The molecule has 0 aromatic rings. The molecule has 0 aromatic carbocycles. The first kappa shape index (κ1) is 13.8. The molecule has 6 nitrogen and oxygen atoms in total. The van der Waals surface area contributed by atoms with Crippen LogP contribution in [-0.2, 0) is 14.6 Å². The molecule has 1 atom stereocenters. The fourth-order valence-corrected chi connectivity index (χ4v) is 4.36. The van der Waals surface area contributed by atoms with Crippen molar-refractivity contribution in [3.05, 3.63) is 0 Å². The van der Waals surface area contributed by atoms with E-state index in [0.29, 0.717) is 26.1 Å². The van der Waals surface area contributed by atoms with Crippen LogP contribution in [-0.4, -0.2) is 74.9 Å². The number of piperazine rings is 1. The molecule has 1 amide bonds. The lowest BCUT2D eigenvalue weighted by atomic mass is 10.1. The summed E-state index contributed by atoms with van der Waals surface area (Å²) in [6, 6.07) is 0. The normalized spacial score (nSPS) is 28.5. The van der Waals surface area contributed by atoms with E-state index in [0.717, 1.165) is 19.6 Å². The van der Waals surface area contributed by atoms with Gasteiger partial charge in [0.15, 0.2) is 9.84 Å². The van der Waals surface area contributed by atoms with E-state index >= 15 is 0 Å². The van der Waals surface area contributed by atoms with Gasteiger partial charge >= 0.3 is 0 Å². The van der Waals surface area contributed by atoms with Gasteiger partial charge in [-0.2, -0.15) is 0 Å². The Morgan fingerprint density at radius 2 is 1.89 bits per heavy atom. The summed E-state index contributed by atoms with van der Waals surface area (Å²) in [5.74, 6) is -0.0923. The maximum absolute atomic E-state index is 12.2. The quantitative estimate of drug-likeness (QED) is 0.679. The fourth-order valence-electron chi connectivity index (χ4n) is 2.62. The third-order valence-electron chi connectivity index (χ3n) is 3.71. The Balaban J connectivity index is 1.85. The molecule has 2 N–H and O–H groups in total. The summed E-state index contributed by atoms with van der Waals surface area (Å²) in [6.07, 6.45) is 0.490. The number of hydrogen-bond donors (Lipinski definition) is 1. The molecule has 0 saturated carbocycles. The molecule has 2 fully saturated rings. The molecule has 2 aliphatic rings. The standard InChI is InChI=1S/C11H21N3O3S/c12-2-3-13-4-6-14(7-5-13)11(15)10-1-8-18(16,17)9-10/h10H,1-9,12H2. The van der Waals surface area contributed by atoms with Gasteiger partial charge in [0.05, 0.1) is 17.4 Å². The highest BCUT2D eigenvalue weighted by Gasteiger charge is 2.36. The first-order valence-corrected chi connectivity index (χ1v) is 8.25. The van der Waals surface area contributed by atoms with Gasteiger partial charge in [0, 0.05) is 39.3 Å². The van der Waals surface area contributed by atoms with Crippen molar-refractivity contribution >= 4 is 15.7 Å². The summed E-state index contributed by atoms with van der Waals surface area (Å²) in [4.78, 5) is 16.2. The number of rotatable bonds is 3. The molecule has 2 heterocycles. The Hall–Kier alpha value is -0.660. The van der Waals surface area contributed by atoms with Gasteiger partial charge in [0.1, 0.15) is 0 Å². The Bertz CT molecular complexity index is 402. The second-order valence-corrected chi connectivity index (χ2v) is 7.28. The first-order chi connectivity index (χ1) is 8.52. The Kier molecular flexibility index (Phi) is 4.24. The van der Waals surface area contributed by atoms with E-state index in [1.54, 1.807) is 4.90 Å². The van der Waals surface area contributed by atoms with Crippen molar-refractivity contribution in [2.24, 2.45) is 11.7 Å². The van der Waals surface area contributed by atoms with Crippen LogP contribution in [0.1, 0.15) is 6.42 Å². The molecular weight excluding hydrogens is 254 g/mol. The molecular formula is C11H21N3O3S. The molecule has 1 unspecified atom stereocenters. The molecule has 0 aliphatic carbocycles. The Labute approximate surface area is 108 Å². The largest absolute Gasteiger partial charge is 0.340 e. The van der Waals surface area contributed by atoms with Gasteiger partial charge in [0.2, 0.25) is 5.91 Å². The summed E-state index contributed by atoms with van der Waals surface area (Å²) in [7, 11) is -2.97. The van der Waals surface area contributed by atoms with Crippen molar-refractivity contribution in [3.63, 3.8) is 0 Å². The van der Waals surface area contributed by atoms with Gasteiger partial charge < -0.3 is 10.6 Å². The van der Waals surface area contributed by atoms with Crippen molar-refractivity contribution in [1.29, 1.82) is 0 Å². The zero-order valence-electron chi connectivity index (χ0n) is 10.5. The van der Waals surface area contributed by atoms with Gasteiger partial charge in [0.25, 0.3) is 0 Å². The number of carbonyl (C=O) groups is 1. The average molecular weight is 275 g/mol. The highest BCUT2D eigenvalue weighted by molar-refractivity contribution is 7.91. The van der Waals surface area contributed by atoms with Gasteiger partial charge in [-0.1, -0.05) is 0 Å². The van der Waals surface area contributed by atoms with E-state index < -0.39 is 9.84 Å². The van der Waals surface area contributed by atoms with Crippen LogP contribution < -0.4 is 5.73 Å². The third-order valence-corrected chi connectivity index (χ3v) is 5.48. The van der Waals surface area contributed by atoms with Crippen LogP contribution in [0.4, 0.5) is 0 Å². The van der Waals surface area contributed by atoms with Gasteiger partial charge in [-0.25, -0.2) is 8.42 Å². The van der Waals surface area contributed by atoms with Crippen LogP contribution in [0.2, 0.25) is 0 Å². The number of carbonyl (C=O) groups excluding carboxylic acids is 1.